The third-order valence-corrected chi connectivity index (χ3v) is 4.17. The fraction of sp³-hybridized carbons (Fsp3) is 0.333. The van der Waals surface area contributed by atoms with E-state index < -0.39 is 9.84 Å². The number of hydrogen-bond donors (Lipinski definition) is 1. The Morgan fingerprint density at radius 1 is 1.31 bits per heavy atom. The van der Waals surface area contributed by atoms with Crippen LogP contribution in [0, 0.1) is 0 Å². The van der Waals surface area contributed by atoms with Gasteiger partial charge in [-0.3, -0.25) is 0 Å². The van der Waals surface area contributed by atoms with Crippen LogP contribution in [0.3, 0.4) is 0 Å². The zero-order chi connectivity index (χ0) is 9.47. The molecule has 4 heteroatoms. The van der Waals surface area contributed by atoms with Gasteiger partial charge in [0.2, 0.25) is 0 Å². The molecule has 0 bridgehead atoms. The highest BCUT2D eigenvalue weighted by atomic mass is 32.2. The van der Waals surface area contributed by atoms with Crippen molar-refractivity contribution < 1.29 is 8.42 Å². The van der Waals surface area contributed by atoms with Gasteiger partial charge in [-0.1, -0.05) is 0 Å². The average Bonchev–Trinajstić information content (AvgIpc) is 2.02. The summed E-state index contributed by atoms with van der Waals surface area (Å²) < 4.78 is 23.1. The van der Waals surface area contributed by atoms with E-state index in [9.17, 15) is 8.42 Å². The predicted octanol–water partition coefficient (Wildman–Crippen LogP) is 0.989. The van der Waals surface area contributed by atoms with Crippen molar-refractivity contribution in [2.75, 3.05) is 11.5 Å². The Bertz CT molecular complexity index is 437. The van der Waals surface area contributed by atoms with Crippen LogP contribution in [-0.2, 0) is 16.3 Å². The topological polar surface area (TPSA) is 60.2 Å². The maximum atomic E-state index is 11.5. The number of hydrogen-bond acceptors (Lipinski definition) is 3. The molecular weight excluding hydrogens is 186 g/mol. The van der Waals surface area contributed by atoms with Crippen molar-refractivity contribution in [1.29, 1.82) is 0 Å². The molecule has 0 saturated heterocycles. The van der Waals surface area contributed by atoms with Crippen LogP contribution in [0.2, 0.25) is 0 Å². The summed E-state index contributed by atoms with van der Waals surface area (Å²) in [5.41, 5.74) is 7.08. The molecule has 0 aliphatic carbocycles. The Labute approximate surface area is 77.5 Å². The smallest absolute Gasteiger partial charge is 0.178 e. The van der Waals surface area contributed by atoms with Gasteiger partial charge in [-0.25, -0.2) is 8.42 Å². The second kappa shape index (κ2) is 2.73. The van der Waals surface area contributed by atoms with Crippen molar-refractivity contribution in [2.45, 2.75) is 17.7 Å². The van der Waals surface area contributed by atoms with Crippen LogP contribution >= 0.6 is 0 Å². The fourth-order valence-corrected chi connectivity index (χ4v) is 3.24. The van der Waals surface area contributed by atoms with Crippen LogP contribution in [0.4, 0.5) is 5.69 Å². The standard InChI is InChI=1S/C9H11NO2S/c10-8-3-4-9-7(6-8)2-1-5-13(9,11)12/h3-4,6H,1-2,5,10H2. The van der Waals surface area contributed by atoms with Gasteiger partial charge in [0, 0.05) is 5.69 Å². The predicted molar refractivity (Wildman–Crippen MR) is 51.2 cm³/mol. The lowest BCUT2D eigenvalue weighted by Gasteiger charge is -2.15. The van der Waals surface area contributed by atoms with Crippen molar-refractivity contribution in [3.63, 3.8) is 0 Å². The molecule has 0 atom stereocenters. The first-order chi connectivity index (χ1) is 6.09. The molecule has 1 aromatic carbocycles. The Morgan fingerprint density at radius 2 is 2.08 bits per heavy atom. The average molecular weight is 197 g/mol. The lowest BCUT2D eigenvalue weighted by atomic mass is 10.1. The molecule has 1 heterocycles. The summed E-state index contributed by atoms with van der Waals surface area (Å²) in [5.74, 6) is 0.268. The zero-order valence-electron chi connectivity index (χ0n) is 7.16. The lowest BCUT2D eigenvalue weighted by molar-refractivity contribution is 0.586. The van der Waals surface area contributed by atoms with Crippen molar-refractivity contribution in [3.8, 4) is 0 Å². The number of rotatable bonds is 0. The first-order valence-electron chi connectivity index (χ1n) is 4.21. The van der Waals surface area contributed by atoms with Crippen LogP contribution in [-0.4, -0.2) is 14.2 Å². The molecule has 13 heavy (non-hydrogen) atoms. The summed E-state index contributed by atoms with van der Waals surface area (Å²) in [6.45, 7) is 0. The SMILES string of the molecule is Nc1ccc2c(c1)CCCS2(=O)=O. The van der Waals surface area contributed by atoms with Gasteiger partial charge < -0.3 is 5.73 Å². The van der Waals surface area contributed by atoms with Gasteiger partial charge in [0.15, 0.2) is 9.84 Å². The maximum absolute atomic E-state index is 11.5. The van der Waals surface area contributed by atoms with E-state index in [0.717, 1.165) is 12.0 Å². The van der Waals surface area contributed by atoms with E-state index in [1.165, 1.54) is 0 Å². The van der Waals surface area contributed by atoms with E-state index in [2.05, 4.69) is 0 Å². The highest BCUT2D eigenvalue weighted by molar-refractivity contribution is 7.91. The Hall–Kier alpha value is -1.03. The molecule has 0 aromatic heterocycles. The number of fused-ring (bicyclic) bond motifs is 1. The van der Waals surface area contributed by atoms with Gasteiger partial charge in [-0.15, -0.1) is 0 Å². The van der Waals surface area contributed by atoms with Crippen LogP contribution in [0.25, 0.3) is 0 Å². The Kier molecular flexibility index (Phi) is 1.80. The second-order valence-corrected chi connectivity index (χ2v) is 5.37. The van der Waals surface area contributed by atoms with E-state index in [1.807, 2.05) is 0 Å². The van der Waals surface area contributed by atoms with E-state index in [0.29, 0.717) is 17.0 Å². The van der Waals surface area contributed by atoms with Crippen molar-refractivity contribution >= 4 is 15.5 Å². The fourth-order valence-electron chi connectivity index (χ4n) is 1.66. The molecule has 70 valence electrons. The van der Waals surface area contributed by atoms with Crippen LogP contribution in [0.5, 0.6) is 0 Å². The molecule has 3 nitrogen and oxygen atoms in total. The minimum absolute atomic E-state index is 0.268. The molecule has 0 fully saturated rings. The molecule has 1 aliphatic heterocycles. The van der Waals surface area contributed by atoms with Gasteiger partial charge >= 0.3 is 0 Å². The van der Waals surface area contributed by atoms with Crippen molar-refractivity contribution in [1.82, 2.24) is 0 Å². The molecule has 2 N–H and O–H groups in total. The summed E-state index contributed by atoms with van der Waals surface area (Å²) in [7, 11) is -3.01. The quantitative estimate of drug-likeness (QED) is 0.631. The number of anilines is 1. The molecule has 2 rings (SSSR count). The van der Waals surface area contributed by atoms with E-state index in [-0.39, 0.29) is 5.75 Å². The zero-order valence-corrected chi connectivity index (χ0v) is 7.97. The molecule has 1 aromatic rings. The summed E-state index contributed by atoms with van der Waals surface area (Å²) in [6.07, 6.45) is 1.53. The van der Waals surface area contributed by atoms with Gasteiger partial charge in [-0.2, -0.15) is 0 Å². The van der Waals surface area contributed by atoms with Crippen LogP contribution < -0.4 is 5.73 Å². The first-order valence-corrected chi connectivity index (χ1v) is 5.86. The summed E-state index contributed by atoms with van der Waals surface area (Å²) in [4.78, 5) is 0.466. The second-order valence-electron chi connectivity index (χ2n) is 3.29. The van der Waals surface area contributed by atoms with Crippen molar-refractivity contribution in [2.24, 2.45) is 0 Å². The Morgan fingerprint density at radius 3 is 2.85 bits per heavy atom. The van der Waals surface area contributed by atoms with E-state index in [4.69, 9.17) is 5.73 Å². The molecule has 1 aliphatic rings. The molecule has 0 radical (unpaired) electrons. The number of benzene rings is 1. The monoisotopic (exact) mass is 197 g/mol. The molecule has 0 amide bonds. The third kappa shape index (κ3) is 1.42. The number of sulfone groups is 1. The van der Waals surface area contributed by atoms with Gasteiger partial charge in [-0.05, 0) is 36.6 Å². The normalized spacial score (nSPS) is 19.4. The lowest BCUT2D eigenvalue weighted by Crippen LogP contribution is -2.16. The van der Waals surface area contributed by atoms with Crippen LogP contribution in [0.15, 0.2) is 23.1 Å². The number of nitrogens with two attached hydrogens (primary N) is 1. The summed E-state index contributed by atoms with van der Waals surface area (Å²) >= 11 is 0. The largest absolute Gasteiger partial charge is 0.399 e. The van der Waals surface area contributed by atoms with Crippen LogP contribution in [0.1, 0.15) is 12.0 Å². The molecule has 0 saturated carbocycles. The third-order valence-electron chi connectivity index (χ3n) is 2.28. The minimum Gasteiger partial charge on any atom is -0.399 e. The highest BCUT2D eigenvalue weighted by Crippen LogP contribution is 2.26. The number of nitrogen functional groups attached to an aromatic ring is 1. The van der Waals surface area contributed by atoms with Gasteiger partial charge in [0.1, 0.15) is 0 Å². The molecule has 0 unspecified atom stereocenters. The maximum Gasteiger partial charge on any atom is 0.178 e. The van der Waals surface area contributed by atoms with Crippen molar-refractivity contribution in [3.05, 3.63) is 23.8 Å². The van der Waals surface area contributed by atoms with E-state index in [1.54, 1.807) is 18.2 Å². The Balaban J connectivity index is 2.66. The van der Waals surface area contributed by atoms with Gasteiger partial charge in [0.05, 0.1) is 10.6 Å². The highest BCUT2D eigenvalue weighted by Gasteiger charge is 2.22. The first kappa shape index (κ1) is 8.56. The number of aryl methyl sites for hydroxylation is 1. The summed E-state index contributed by atoms with van der Waals surface area (Å²) in [5, 5.41) is 0. The van der Waals surface area contributed by atoms with E-state index >= 15 is 0 Å². The summed E-state index contributed by atoms with van der Waals surface area (Å²) in [6, 6.07) is 5.01. The minimum atomic E-state index is -3.01. The van der Waals surface area contributed by atoms with Gasteiger partial charge in [0.25, 0.3) is 0 Å². The molecular formula is C9H11NO2S. The molecule has 0 spiro atoms.